The van der Waals surface area contributed by atoms with Crippen LogP contribution in [0.25, 0.3) is 0 Å². The van der Waals surface area contributed by atoms with Gasteiger partial charge < -0.3 is 0 Å². The monoisotopic (exact) mass is 264 g/mol. The number of rotatable bonds is 2. The van der Waals surface area contributed by atoms with Crippen molar-refractivity contribution >= 4 is 15.9 Å². The van der Waals surface area contributed by atoms with Crippen LogP contribution in [0.3, 0.4) is 0 Å². The molecule has 1 aromatic heterocycles. The minimum absolute atomic E-state index is 0.222. The second-order valence-electron chi connectivity index (χ2n) is 3.16. The van der Waals surface area contributed by atoms with E-state index in [1.165, 1.54) is 6.20 Å². The van der Waals surface area contributed by atoms with Crippen LogP contribution in [0.15, 0.2) is 52.0 Å². The zero-order valence-electron chi connectivity index (χ0n) is 7.93. The minimum Gasteiger partial charge on any atom is -0.295 e. The van der Waals surface area contributed by atoms with Crippen LogP contribution in [0.1, 0.15) is 5.56 Å². The van der Waals surface area contributed by atoms with Crippen molar-refractivity contribution in [2.45, 2.75) is 6.54 Å². The Labute approximate surface area is 95.5 Å². The number of hydrogen-bond acceptors (Lipinski definition) is 2. The third-order valence-corrected chi connectivity index (χ3v) is 2.58. The highest BCUT2D eigenvalue weighted by atomic mass is 79.9. The molecule has 15 heavy (non-hydrogen) atoms. The first-order chi connectivity index (χ1) is 7.25. The first kappa shape index (κ1) is 10.1. The van der Waals surface area contributed by atoms with Gasteiger partial charge in [0.1, 0.15) is 0 Å². The van der Waals surface area contributed by atoms with E-state index in [0.29, 0.717) is 6.54 Å². The highest BCUT2D eigenvalue weighted by Gasteiger charge is 1.97. The van der Waals surface area contributed by atoms with E-state index in [9.17, 15) is 4.79 Å². The minimum atomic E-state index is -0.222. The maximum Gasteiger partial charge on any atom is 0.347 e. The van der Waals surface area contributed by atoms with Crippen molar-refractivity contribution in [3.05, 3.63) is 63.2 Å². The molecule has 0 saturated heterocycles. The lowest BCUT2D eigenvalue weighted by atomic mass is 10.2. The fraction of sp³-hybridized carbons (Fsp3) is 0.0909. The van der Waals surface area contributed by atoms with E-state index in [0.717, 1.165) is 10.0 Å². The van der Waals surface area contributed by atoms with Gasteiger partial charge in [-0.2, -0.15) is 0 Å². The molecule has 0 aliphatic rings. The smallest absolute Gasteiger partial charge is 0.295 e. The molecule has 1 aromatic carbocycles. The molecule has 0 spiro atoms. The third-order valence-electron chi connectivity index (χ3n) is 2.05. The molecule has 0 bridgehead atoms. The van der Waals surface area contributed by atoms with Crippen LogP contribution in [0.5, 0.6) is 0 Å². The molecule has 0 aliphatic carbocycles. The molecule has 2 aromatic rings. The van der Waals surface area contributed by atoms with Gasteiger partial charge in [0.05, 0.1) is 6.54 Å². The predicted molar refractivity (Wildman–Crippen MR) is 61.7 cm³/mol. The van der Waals surface area contributed by atoms with Crippen molar-refractivity contribution in [3.8, 4) is 0 Å². The SMILES string of the molecule is O=c1ncccn1Cc1ccc(Br)cc1. The average molecular weight is 265 g/mol. The Hall–Kier alpha value is -1.42. The molecular formula is C11H9BrN2O. The molecule has 76 valence electrons. The Morgan fingerprint density at radius 1 is 1.27 bits per heavy atom. The van der Waals surface area contributed by atoms with Gasteiger partial charge in [0.15, 0.2) is 0 Å². The lowest BCUT2D eigenvalue weighted by Gasteiger charge is -2.03. The number of benzene rings is 1. The third kappa shape index (κ3) is 2.53. The summed E-state index contributed by atoms with van der Waals surface area (Å²) in [5, 5.41) is 0. The second kappa shape index (κ2) is 4.40. The van der Waals surface area contributed by atoms with Crippen molar-refractivity contribution in [2.75, 3.05) is 0 Å². The summed E-state index contributed by atoms with van der Waals surface area (Å²) in [6.45, 7) is 0.556. The highest BCUT2D eigenvalue weighted by molar-refractivity contribution is 9.10. The fourth-order valence-electron chi connectivity index (χ4n) is 1.29. The van der Waals surface area contributed by atoms with Gasteiger partial charge in [0.25, 0.3) is 0 Å². The normalized spacial score (nSPS) is 10.2. The number of nitrogens with zero attached hydrogens (tertiary/aromatic N) is 2. The van der Waals surface area contributed by atoms with Crippen LogP contribution in [-0.4, -0.2) is 9.55 Å². The van der Waals surface area contributed by atoms with Gasteiger partial charge in [-0.25, -0.2) is 9.78 Å². The van der Waals surface area contributed by atoms with Gasteiger partial charge in [-0.1, -0.05) is 28.1 Å². The molecule has 1 heterocycles. The second-order valence-corrected chi connectivity index (χ2v) is 4.07. The van der Waals surface area contributed by atoms with E-state index in [1.807, 2.05) is 24.3 Å². The van der Waals surface area contributed by atoms with E-state index in [1.54, 1.807) is 16.8 Å². The Morgan fingerprint density at radius 3 is 2.67 bits per heavy atom. The largest absolute Gasteiger partial charge is 0.347 e. The van der Waals surface area contributed by atoms with Crippen LogP contribution in [0.2, 0.25) is 0 Å². The quantitative estimate of drug-likeness (QED) is 0.833. The maximum atomic E-state index is 11.3. The van der Waals surface area contributed by atoms with Crippen LogP contribution in [-0.2, 0) is 6.54 Å². The molecule has 3 nitrogen and oxygen atoms in total. The van der Waals surface area contributed by atoms with E-state index in [2.05, 4.69) is 20.9 Å². The Morgan fingerprint density at radius 2 is 2.00 bits per heavy atom. The van der Waals surface area contributed by atoms with Crippen LogP contribution in [0.4, 0.5) is 0 Å². The van der Waals surface area contributed by atoms with Crippen LogP contribution in [0, 0.1) is 0 Å². The lowest BCUT2D eigenvalue weighted by molar-refractivity contribution is 0.727. The van der Waals surface area contributed by atoms with Gasteiger partial charge >= 0.3 is 5.69 Å². The van der Waals surface area contributed by atoms with Crippen molar-refractivity contribution in [1.82, 2.24) is 9.55 Å². The van der Waals surface area contributed by atoms with Crippen molar-refractivity contribution in [1.29, 1.82) is 0 Å². The first-order valence-electron chi connectivity index (χ1n) is 4.51. The summed E-state index contributed by atoms with van der Waals surface area (Å²) in [5.74, 6) is 0. The van der Waals surface area contributed by atoms with Crippen molar-refractivity contribution in [2.24, 2.45) is 0 Å². The zero-order chi connectivity index (χ0) is 10.7. The molecule has 2 rings (SSSR count). The molecule has 0 atom stereocenters. The Kier molecular flexibility index (Phi) is 2.97. The van der Waals surface area contributed by atoms with E-state index < -0.39 is 0 Å². The summed E-state index contributed by atoms with van der Waals surface area (Å²) >= 11 is 3.36. The predicted octanol–water partition coefficient (Wildman–Crippen LogP) is 2.05. The summed E-state index contributed by atoms with van der Waals surface area (Å²) in [7, 11) is 0. The van der Waals surface area contributed by atoms with Crippen LogP contribution >= 0.6 is 15.9 Å². The molecule has 0 saturated carbocycles. The summed E-state index contributed by atoms with van der Waals surface area (Å²) in [5.41, 5.74) is 0.855. The van der Waals surface area contributed by atoms with Gasteiger partial charge in [0, 0.05) is 16.9 Å². The van der Waals surface area contributed by atoms with Gasteiger partial charge in [-0.05, 0) is 23.8 Å². The van der Waals surface area contributed by atoms with Crippen molar-refractivity contribution in [3.63, 3.8) is 0 Å². The van der Waals surface area contributed by atoms with Crippen LogP contribution < -0.4 is 5.69 Å². The number of halogens is 1. The molecule has 0 unspecified atom stereocenters. The number of aromatic nitrogens is 2. The molecular weight excluding hydrogens is 256 g/mol. The topological polar surface area (TPSA) is 34.9 Å². The summed E-state index contributed by atoms with van der Waals surface area (Å²) in [6.07, 6.45) is 3.23. The molecule has 0 aliphatic heterocycles. The maximum absolute atomic E-state index is 11.3. The first-order valence-corrected chi connectivity index (χ1v) is 5.31. The summed E-state index contributed by atoms with van der Waals surface area (Å²) in [6, 6.07) is 9.61. The average Bonchev–Trinajstić information content (AvgIpc) is 2.25. The molecule has 0 N–H and O–H groups in total. The molecule has 0 fully saturated rings. The van der Waals surface area contributed by atoms with E-state index >= 15 is 0 Å². The molecule has 0 amide bonds. The van der Waals surface area contributed by atoms with Gasteiger partial charge in [0.2, 0.25) is 0 Å². The Balaban J connectivity index is 2.26. The van der Waals surface area contributed by atoms with E-state index in [-0.39, 0.29) is 5.69 Å². The lowest BCUT2D eigenvalue weighted by Crippen LogP contribution is -2.21. The Bertz CT molecular complexity index is 504. The zero-order valence-corrected chi connectivity index (χ0v) is 9.52. The highest BCUT2D eigenvalue weighted by Crippen LogP contribution is 2.10. The van der Waals surface area contributed by atoms with Crippen molar-refractivity contribution < 1.29 is 0 Å². The summed E-state index contributed by atoms with van der Waals surface area (Å²) < 4.78 is 2.60. The molecule has 4 heteroatoms. The summed E-state index contributed by atoms with van der Waals surface area (Å²) in [4.78, 5) is 15.0. The van der Waals surface area contributed by atoms with Gasteiger partial charge in [-0.3, -0.25) is 4.57 Å². The standard InChI is InChI=1S/C11H9BrN2O/c12-10-4-2-9(3-5-10)8-14-7-1-6-13-11(14)15/h1-7H,8H2. The number of hydrogen-bond donors (Lipinski definition) is 0. The van der Waals surface area contributed by atoms with Gasteiger partial charge in [-0.15, -0.1) is 0 Å². The fourth-order valence-corrected chi connectivity index (χ4v) is 1.56. The van der Waals surface area contributed by atoms with E-state index in [4.69, 9.17) is 0 Å². The molecule has 0 radical (unpaired) electrons.